The molecule has 0 radical (unpaired) electrons. The predicted octanol–water partition coefficient (Wildman–Crippen LogP) is 0.357. The maximum Gasteiger partial charge on any atom is 0.251 e. The van der Waals surface area contributed by atoms with Gasteiger partial charge in [-0.25, -0.2) is 8.42 Å². The molecule has 2 aliphatic heterocycles. The van der Waals surface area contributed by atoms with E-state index in [2.05, 4.69) is 16.7 Å². The van der Waals surface area contributed by atoms with E-state index in [9.17, 15) is 13.2 Å². The molecule has 2 N–H and O–H groups in total. The van der Waals surface area contributed by atoms with Crippen molar-refractivity contribution in [2.24, 2.45) is 0 Å². The van der Waals surface area contributed by atoms with Crippen molar-refractivity contribution in [3.8, 4) is 0 Å². The zero-order chi connectivity index (χ0) is 17.7. The van der Waals surface area contributed by atoms with Gasteiger partial charge in [0.2, 0.25) is 10.0 Å². The molecule has 0 bridgehead atoms. The Morgan fingerprint density at radius 2 is 2.08 bits per heavy atom. The molecular formula is C17H23N3O4S. The van der Waals surface area contributed by atoms with Crippen LogP contribution in [-0.2, 0) is 14.8 Å². The normalized spacial score (nSPS) is 19.3. The van der Waals surface area contributed by atoms with Crippen molar-refractivity contribution >= 4 is 15.9 Å². The zero-order valence-electron chi connectivity index (χ0n) is 14.0. The number of rotatable bonds is 5. The molecule has 2 aliphatic rings. The lowest BCUT2D eigenvalue weighted by Crippen LogP contribution is -2.40. The minimum atomic E-state index is -3.60. The largest absolute Gasteiger partial charge is 0.379 e. The van der Waals surface area contributed by atoms with Gasteiger partial charge in [0.1, 0.15) is 0 Å². The van der Waals surface area contributed by atoms with E-state index in [1.807, 2.05) is 0 Å². The first-order chi connectivity index (χ1) is 12.1. The molecule has 1 aromatic rings. The summed E-state index contributed by atoms with van der Waals surface area (Å²) in [6.07, 6.45) is 2.98. The molecule has 0 unspecified atom stereocenters. The predicted molar refractivity (Wildman–Crippen MR) is 93.9 cm³/mol. The minimum absolute atomic E-state index is 0.142. The van der Waals surface area contributed by atoms with E-state index >= 15 is 0 Å². The third-order valence-electron chi connectivity index (χ3n) is 4.34. The second-order valence-corrected chi connectivity index (χ2v) is 7.98. The summed E-state index contributed by atoms with van der Waals surface area (Å²) < 4.78 is 32.0. The summed E-state index contributed by atoms with van der Waals surface area (Å²) in [5, 5.41) is 6.08. The summed E-state index contributed by atoms with van der Waals surface area (Å²) in [6, 6.07) is 6.20. The van der Waals surface area contributed by atoms with Gasteiger partial charge in [-0.15, -0.1) is 0 Å². The summed E-state index contributed by atoms with van der Waals surface area (Å²) in [4.78, 5) is 12.5. The molecular weight excluding hydrogens is 342 g/mol. The number of hydrogen-bond donors (Lipinski definition) is 2. The molecule has 7 nitrogen and oxygen atoms in total. The number of morpholine rings is 1. The molecule has 136 valence electrons. The number of amides is 1. The van der Waals surface area contributed by atoms with Crippen LogP contribution in [0.25, 0.3) is 0 Å². The van der Waals surface area contributed by atoms with Gasteiger partial charge in [0.25, 0.3) is 5.91 Å². The monoisotopic (exact) mass is 365 g/mol. The molecule has 8 heteroatoms. The Labute approximate surface area is 148 Å². The molecule has 0 aromatic heterocycles. The number of carbonyl (C=O) groups is 1. The minimum Gasteiger partial charge on any atom is -0.379 e. The molecule has 2 heterocycles. The van der Waals surface area contributed by atoms with Crippen molar-refractivity contribution in [1.29, 1.82) is 0 Å². The van der Waals surface area contributed by atoms with Gasteiger partial charge >= 0.3 is 0 Å². The van der Waals surface area contributed by atoms with E-state index < -0.39 is 10.0 Å². The lowest BCUT2D eigenvalue weighted by atomic mass is 10.1. The highest BCUT2D eigenvalue weighted by Crippen LogP contribution is 2.18. The number of carbonyl (C=O) groups excluding carboxylic acids is 1. The van der Waals surface area contributed by atoms with E-state index in [0.717, 1.165) is 19.5 Å². The number of benzene rings is 1. The van der Waals surface area contributed by atoms with Gasteiger partial charge in [0, 0.05) is 31.7 Å². The number of ether oxygens (including phenoxy) is 1. The summed E-state index contributed by atoms with van der Waals surface area (Å²) >= 11 is 0. The summed E-state index contributed by atoms with van der Waals surface area (Å²) in [5.74, 6) is -0.265. The highest BCUT2D eigenvalue weighted by molar-refractivity contribution is 7.89. The van der Waals surface area contributed by atoms with Gasteiger partial charge in [0.15, 0.2) is 0 Å². The van der Waals surface area contributed by atoms with Crippen molar-refractivity contribution in [2.75, 3.05) is 45.9 Å². The van der Waals surface area contributed by atoms with Crippen LogP contribution in [0, 0.1) is 0 Å². The SMILES string of the molecule is O=C(NCC1=CCNCC1)c1cccc(S(=O)(=O)N2CCOCC2)c1. The fourth-order valence-electron chi connectivity index (χ4n) is 2.86. The van der Waals surface area contributed by atoms with Crippen LogP contribution in [0.5, 0.6) is 0 Å². The van der Waals surface area contributed by atoms with Gasteiger partial charge < -0.3 is 15.4 Å². The number of hydrogen-bond acceptors (Lipinski definition) is 5. The first kappa shape index (κ1) is 18.1. The number of nitrogens with one attached hydrogen (secondary N) is 2. The molecule has 1 fully saturated rings. The molecule has 1 amide bonds. The average molecular weight is 365 g/mol. The van der Waals surface area contributed by atoms with Gasteiger partial charge in [0.05, 0.1) is 18.1 Å². The average Bonchev–Trinajstić information content (AvgIpc) is 2.67. The Hall–Kier alpha value is -1.74. The van der Waals surface area contributed by atoms with Crippen LogP contribution < -0.4 is 10.6 Å². The zero-order valence-corrected chi connectivity index (χ0v) is 14.8. The van der Waals surface area contributed by atoms with Gasteiger partial charge in [-0.1, -0.05) is 17.7 Å². The first-order valence-corrected chi connectivity index (χ1v) is 9.86. The Morgan fingerprint density at radius 3 is 2.80 bits per heavy atom. The maximum absolute atomic E-state index is 12.7. The highest BCUT2D eigenvalue weighted by Gasteiger charge is 2.26. The molecule has 0 atom stereocenters. The first-order valence-electron chi connectivity index (χ1n) is 8.42. The third kappa shape index (κ3) is 4.46. The lowest BCUT2D eigenvalue weighted by molar-refractivity contribution is 0.0730. The van der Waals surface area contributed by atoms with E-state index in [-0.39, 0.29) is 10.8 Å². The van der Waals surface area contributed by atoms with E-state index in [0.29, 0.717) is 38.4 Å². The standard InChI is InChI=1S/C17H23N3O4S/c21-17(19-13-14-4-6-18-7-5-14)15-2-1-3-16(12-15)25(22,23)20-8-10-24-11-9-20/h1-4,12,18H,5-11,13H2,(H,19,21). The smallest absolute Gasteiger partial charge is 0.251 e. The molecule has 3 rings (SSSR count). The Bertz CT molecular complexity index is 755. The van der Waals surface area contributed by atoms with E-state index in [1.54, 1.807) is 12.1 Å². The molecule has 0 saturated carbocycles. The number of nitrogens with zero attached hydrogens (tertiary/aromatic N) is 1. The highest BCUT2D eigenvalue weighted by atomic mass is 32.2. The van der Waals surface area contributed by atoms with Gasteiger partial charge in [-0.2, -0.15) is 4.31 Å². The van der Waals surface area contributed by atoms with E-state index in [4.69, 9.17) is 4.74 Å². The molecule has 0 spiro atoms. The summed E-state index contributed by atoms with van der Waals surface area (Å²) in [6.45, 7) is 3.67. The number of sulfonamides is 1. The Kier molecular flexibility index (Phi) is 5.85. The van der Waals surface area contributed by atoms with Crippen LogP contribution >= 0.6 is 0 Å². The lowest BCUT2D eigenvalue weighted by Gasteiger charge is -2.26. The Balaban J connectivity index is 1.69. The fourth-order valence-corrected chi connectivity index (χ4v) is 4.31. The Morgan fingerprint density at radius 1 is 1.28 bits per heavy atom. The second kappa shape index (κ2) is 8.09. The second-order valence-electron chi connectivity index (χ2n) is 6.04. The molecule has 25 heavy (non-hydrogen) atoms. The van der Waals surface area contributed by atoms with Crippen molar-refractivity contribution in [3.63, 3.8) is 0 Å². The van der Waals surface area contributed by atoms with Crippen molar-refractivity contribution in [1.82, 2.24) is 14.9 Å². The van der Waals surface area contributed by atoms with Crippen LogP contribution in [0.2, 0.25) is 0 Å². The van der Waals surface area contributed by atoms with Crippen molar-refractivity contribution in [2.45, 2.75) is 11.3 Å². The molecule has 1 saturated heterocycles. The van der Waals surface area contributed by atoms with Gasteiger partial charge in [-0.05, 0) is 31.2 Å². The van der Waals surface area contributed by atoms with Crippen LogP contribution in [0.15, 0.2) is 40.8 Å². The van der Waals surface area contributed by atoms with Gasteiger partial charge in [-0.3, -0.25) is 4.79 Å². The van der Waals surface area contributed by atoms with Crippen LogP contribution in [0.4, 0.5) is 0 Å². The van der Waals surface area contributed by atoms with Crippen LogP contribution in [-0.4, -0.2) is 64.6 Å². The van der Waals surface area contributed by atoms with Crippen LogP contribution in [0.3, 0.4) is 0 Å². The maximum atomic E-state index is 12.7. The topological polar surface area (TPSA) is 87.7 Å². The molecule has 0 aliphatic carbocycles. The quantitative estimate of drug-likeness (QED) is 0.736. The summed E-state index contributed by atoms with van der Waals surface area (Å²) in [7, 11) is -3.60. The van der Waals surface area contributed by atoms with Crippen LogP contribution in [0.1, 0.15) is 16.8 Å². The third-order valence-corrected chi connectivity index (χ3v) is 6.23. The van der Waals surface area contributed by atoms with Crippen molar-refractivity contribution < 1.29 is 17.9 Å². The fraction of sp³-hybridized carbons (Fsp3) is 0.471. The van der Waals surface area contributed by atoms with Crippen molar-refractivity contribution in [3.05, 3.63) is 41.5 Å². The summed E-state index contributed by atoms with van der Waals surface area (Å²) in [5.41, 5.74) is 1.54. The molecule has 1 aromatic carbocycles. The van der Waals surface area contributed by atoms with E-state index in [1.165, 1.54) is 22.0 Å².